The summed E-state index contributed by atoms with van der Waals surface area (Å²) in [4.78, 5) is 2.45. The van der Waals surface area contributed by atoms with E-state index in [4.69, 9.17) is 21.1 Å². The zero-order chi connectivity index (χ0) is 15.6. The lowest BCUT2D eigenvalue weighted by Gasteiger charge is -2.26. The van der Waals surface area contributed by atoms with Gasteiger partial charge >= 0.3 is 0 Å². The average Bonchev–Trinajstić information content (AvgIpc) is 2.55. The van der Waals surface area contributed by atoms with Gasteiger partial charge in [0.2, 0.25) is 0 Å². The van der Waals surface area contributed by atoms with Crippen LogP contribution in [-0.4, -0.2) is 50.9 Å². The second-order valence-corrected chi connectivity index (χ2v) is 5.77. The number of nitrogens with zero attached hydrogens (tertiary/aromatic N) is 1. The third kappa shape index (κ3) is 7.55. The van der Waals surface area contributed by atoms with Crippen molar-refractivity contribution < 1.29 is 21.9 Å². The molecule has 2 rings (SSSR count). The molecule has 1 aliphatic rings. The molecule has 6 heteroatoms. The van der Waals surface area contributed by atoms with Gasteiger partial charge in [-0.05, 0) is 37.7 Å². The molecule has 1 aromatic rings. The van der Waals surface area contributed by atoms with Gasteiger partial charge < -0.3 is 27.2 Å². The van der Waals surface area contributed by atoms with Crippen molar-refractivity contribution in [1.29, 1.82) is 0 Å². The maximum atomic E-state index is 6.07. The number of morpholine rings is 1. The Morgan fingerprint density at radius 2 is 2.13 bits per heavy atom. The number of hydrogen-bond acceptors (Lipinski definition) is 4. The van der Waals surface area contributed by atoms with Crippen molar-refractivity contribution in [2.75, 3.05) is 46.0 Å². The zero-order valence-electron chi connectivity index (χ0n) is 13.4. The molecule has 1 aromatic carbocycles. The molecule has 130 valence electrons. The first-order valence-electron chi connectivity index (χ1n) is 7.82. The summed E-state index contributed by atoms with van der Waals surface area (Å²) in [5.41, 5.74) is 1.08. The predicted octanol–water partition coefficient (Wildman–Crippen LogP) is -0.279. The standard InChI is InChI=1S/C17H25ClN2O2.ClH/c1-2-10-22-17-5-4-16(18)13-15(17)14-19-6-3-7-20-8-11-21-12-9-20;/h2,4-5,13,19H,1,3,6-12,14H2;1H/p-1. The van der Waals surface area contributed by atoms with E-state index in [-0.39, 0.29) is 12.4 Å². The number of benzene rings is 1. The van der Waals surface area contributed by atoms with Crippen molar-refractivity contribution in [3.05, 3.63) is 41.4 Å². The topological polar surface area (TPSA) is 33.7 Å². The van der Waals surface area contributed by atoms with Crippen LogP contribution in [0.25, 0.3) is 0 Å². The Morgan fingerprint density at radius 3 is 2.87 bits per heavy atom. The van der Waals surface area contributed by atoms with Crippen LogP contribution in [-0.2, 0) is 11.3 Å². The summed E-state index contributed by atoms with van der Waals surface area (Å²) in [6.45, 7) is 10.9. The van der Waals surface area contributed by atoms with Gasteiger partial charge in [-0.1, -0.05) is 24.3 Å². The van der Waals surface area contributed by atoms with E-state index in [1.165, 1.54) is 0 Å². The van der Waals surface area contributed by atoms with Crippen LogP contribution in [0.2, 0.25) is 5.02 Å². The molecule has 4 nitrogen and oxygen atoms in total. The second-order valence-electron chi connectivity index (χ2n) is 5.34. The van der Waals surface area contributed by atoms with Gasteiger partial charge in [0.25, 0.3) is 0 Å². The molecular weight excluding hydrogens is 335 g/mol. The van der Waals surface area contributed by atoms with E-state index >= 15 is 0 Å². The molecule has 1 aliphatic heterocycles. The predicted molar refractivity (Wildman–Crippen MR) is 90.7 cm³/mol. The molecule has 1 N–H and O–H groups in total. The fourth-order valence-corrected chi connectivity index (χ4v) is 2.65. The molecular formula is C17H25Cl2N2O2-. The normalized spacial score (nSPS) is 15.0. The molecule has 0 aliphatic carbocycles. The van der Waals surface area contributed by atoms with Crippen LogP contribution in [0.15, 0.2) is 30.9 Å². The monoisotopic (exact) mass is 359 g/mol. The summed E-state index contributed by atoms with van der Waals surface area (Å²) < 4.78 is 11.0. The molecule has 1 saturated heterocycles. The molecule has 23 heavy (non-hydrogen) atoms. The molecule has 0 radical (unpaired) electrons. The Balaban J connectivity index is 0.00000264. The van der Waals surface area contributed by atoms with Crippen molar-refractivity contribution >= 4 is 11.6 Å². The minimum absolute atomic E-state index is 0. The van der Waals surface area contributed by atoms with E-state index in [0.29, 0.717) is 6.61 Å². The van der Waals surface area contributed by atoms with E-state index in [1.54, 1.807) is 6.08 Å². The average molecular weight is 360 g/mol. The number of hydrogen-bond donors (Lipinski definition) is 1. The van der Waals surface area contributed by atoms with Crippen LogP contribution in [0, 0.1) is 0 Å². The lowest BCUT2D eigenvalue weighted by Crippen LogP contribution is -3.00. The summed E-state index contributed by atoms with van der Waals surface area (Å²) in [6, 6.07) is 5.72. The van der Waals surface area contributed by atoms with Gasteiger partial charge in [0.15, 0.2) is 0 Å². The highest BCUT2D eigenvalue weighted by atomic mass is 35.5. The van der Waals surface area contributed by atoms with Gasteiger partial charge in [0, 0.05) is 30.2 Å². The van der Waals surface area contributed by atoms with Crippen molar-refractivity contribution in [3.8, 4) is 5.75 Å². The van der Waals surface area contributed by atoms with Crippen LogP contribution < -0.4 is 22.5 Å². The number of nitrogens with one attached hydrogen (secondary N) is 1. The maximum absolute atomic E-state index is 6.07. The fourth-order valence-electron chi connectivity index (χ4n) is 2.45. The molecule has 0 aromatic heterocycles. The maximum Gasteiger partial charge on any atom is 0.124 e. The Morgan fingerprint density at radius 1 is 1.35 bits per heavy atom. The molecule has 1 heterocycles. The molecule has 0 amide bonds. The summed E-state index contributed by atoms with van der Waals surface area (Å²) in [5.74, 6) is 0.866. The van der Waals surface area contributed by atoms with Gasteiger partial charge in [0.1, 0.15) is 12.4 Å². The van der Waals surface area contributed by atoms with Crippen LogP contribution in [0.3, 0.4) is 0 Å². The number of rotatable bonds is 9. The Hall–Kier alpha value is -0.780. The summed E-state index contributed by atoms with van der Waals surface area (Å²) in [7, 11) is 0. The lowest BCUT2D eigenvalue weighted by atomic mass is 10.2. The van der Waals surface area contributed by atoms with Crippen LogP contribution in [0.5, 0.6) is 5.75 Å². The van der Waals surface area contributed by atoms with E-state index in [9.17, 15) is 0 Å². The minimum atomic E-state index is 0. The summed E-state index contributed by atoms with van der Waals surface area (Å²) >= 11 is 6.07. The van der Waals surface area contributed by atoms with E-state index in [2.05, 4.69) is 16.8 Å². The third-order valence-corrected chi connectivity index (χ3v) is 3.86. The van der Waals surface area contributed by atoms with Crippen molar-refractivity contribution in [2.45, 2.75) is 13.0 Å². The first kappa shape index (κ1) is 20.3. The quantitative estimate of drug-likeness (QED) is 0.485. The fraction of sp³-hybridized carbons (Fsp3) is 0.529. The van der Waals surface area contributed by atoms with Gasteiger partial charge in [-0.2, -0.15) is 0 Å². The zero-order valence-corrected chi connectivity index (χ0v) is 14.9. The van der Waals surface area contributed by atoms with E-state index < -0.39 is 0 Å². The molecule has 0 spiro atoms. The van der Waals surface area contributed by atoms with E-state index in [1.807, 2.05) is 18.2 Å². The van der Waals surface area contributed by atoms with Crippen molar-refractivity contribution in [3.63, 3.8) is 0 Å². The molecule has 0 bridgehead atoms. The SMILES string of the molecule is C=CCOc1ccc(Cl)cc1CNCCCN1CCOCC1.[Cl-]. The smallest absolute Gasteiger partial charge is 0.124 e. The Bertz CT molecular complexity index is 466. The van der Waals surface area contributed by atoms with Gasteiger partial charge in [-0.15, -0.1) is 0 Å². The first-order valence-corrected chi connectivity index (χ1v) is 8.20. The van der Waals surface area contributed by atoms with Crippen LogP contribution in [0.4, 0.5) is 0 Å². The van der Waals surface area contributed by atoms with Crippen LogP contribution >= 0.6 is 11.6 Å². The summed E-state index contributed by atoms with van der Waals surface area (Å²) in [5, 5.41) is 4.20. The molecule has 0 unspecified atom stereocenters. The van der Waals surface area contributed by atoms with E-state index in [0.717, 1.165) is 68.7 Å². The molecule has 1 fully saturated rings. The first-order chi connectivity index (χ1) is 10.8. The van der Waals surface area contributed by atoms with Gasteiger partial charge in [-0.25, -0.2) is 0 Å². The molecule has 0 atom stereocenters. The Labute approximate surface area is 150 Å². The molecule has 0 saturated carbocycles. The highest BCUT2D eigenvalue weighted by Gasteiger charge is 2.09. The van der Waals surface area contributed by atoms with Crippen molar-refractivity contribution in [1.82, 2.24) is 10.2 Å². The number of halogens is 2. The van der Waals surface area contributed by atoms with Gasteiger partial charge in [0.05, 0.1) is 13.2 Å². The van der Waals surface area contributed by atoms with Crippen molar-refractivity contribution in [2.24, 2.45) is 0 Å². The lowest BCUT2D eigenvalue weighted by molar-refractivity contribution is -0.00000636. The van der Waals surface area contributed by atoms with Gasteiger partial charge in [-0.3, -0.25) is 4.90 Å². The summed E-state index contributed by atoms with van der Waals surface area (Å²) in [6.07, 6.45) is 2.87. The second kappa shape index (κ2) is 11.7. The highest BCUT2D eigenvalue weighted by molar-refractivity contribution is 6.30. The third-order valence-electron chi connectivity index (χ3n) is 3.63. The highest BCUT2D eigenvalue weighted by Crippen LogP contribution is 2.22. The Kier molecular flexibility index (Phi) is 10.3. The number of ether oxygens (including phenoxy) is 2. The largest absolute Gasteiger partial charge is 1.00 e. The minimum Gasteiger partial charge on any atom is -1.00 e. The van der Waals surface area contributed by atoms with Crippen LogP contribution in [0.1, 0.15) is 12.0 Å².